The fraction of sp³-hybridized carbons (Fsp3) is 0.280. The molecular formula is C25H28N4O3S. The van der Waals surface area contributed by atoms with Gasteiger partial charge in [0.15, 0.2) is 16.6 Å². The second-order valence-electron chi connectivity index (χ2n) is 7.64. The molecule has 1 fully saturated rings. The summed E-state index contributed by atoms with van der Waals surface area (Å²) in [5.74, 6) is 1.27. The second-order valence-corrected chi connectivity index (χ2v) is 8.50. The lowest BCUT2D eigenvalue weighted by atomic mass is 10.2. The van der Waals surface area contributed by atoms with Crippen LogP contribution in [0.5, 0.6) is 11.5 Å². The number of aromatic nitrogens is 1. The zero-order chi connectivity index (χ0) is 23.0. The lowest BCUT2D eigenvalue weighted by Crippen LogP contribution is -2.48. The van der Waals surface area contributed by atoms with Crippen LogP contribution in [0.1, 0.15) is 16.1 Å². The van der Waals surface area contributed by atoms with Gasteiger partial charge in [-0.15, -0.1) is 11.3 Å². The van der Waals surface area contributed by atoms with E-state index in [4.69, 9.17) is 9.47 Å². The van der Waals surface area contributed by atoms with Gasteiger partial charge in [-0.25, -0.2) is 4.98 Å². The fourth-order valence-electron chi connectivity index (χ4n) is 3.66. The SMILES string of the molecule is COc1ccc(Nc2nc(C(=O)N3CCN(C/C=C/c4ccccc4)CC3)cs2)cc1OC. The highest BCUT2D eigenvalue weighted by molar-refractivity contribution is 7.14. The van der Waals surface area contributed by atoms with Gasteiger partial charge in [-0.05, 0) is 17.7 Å². The molecule has 172 valence electrons. The van der Waals surface area contributed by atoms with E-state index in [9.17, 15) is 4.79 Å². The van der Waals surface area contributed by atoms with E-state index >= 15 is 0 Å². The van der Waals surface area contributed by atoms with Crippen molar-refractivity contribution in [1.82, 2.24) is 14.8 Å². The van der Waals surface area contributed by atoms with Crippen molar-refractivity contribution in [2.45, 2.75) is 0 Å². The number of ether oxygens (including phenoxy) is 2. The summed E-state index contributed by atoms with van der Waals surface area (Å²) in [6.07, 6.45) is 4.32. The Hall–Kier alpha value is -3.36. The zero-order valence-electron chi connectivity index (χ0n) is 18.9. The average Bonchev–Trinajstić information content (AvgIpc) is 3.33. The molecule has 0 unspecified atom stereocenters. The molecule has 0 radical (unpaired) electrons. The number of benzene rings is 2. The number of methoxy groups -OCH3 is 2. The van der Waals surface area contributed by atoms with Gasteiger partial charge in [0.25, 0.3) is 5.91 Å². The molecular weight excluding hydrogens is 436 g/mol. The van der Waals surface area contributed by atoms with E-state index in [1.54, 1.807) is 19.6 Å². The Labute approximate surface area is 198 Å². The lowest BCUT2D eigenvalue weighted by molar-refractivity contribution is 0.0645. The number of carbonyl (C=O) groups excluding carboxylic acids is 1. The van der Waals surface area contributed by atoms with Crippen LogP contribution in [0, 0.1) is 0 Å². The van der Waals surface area contributed by atoms with Crippen LogP contribution in [-0.2, 0) is 0 Å². The number of rotatable bonds is 8. The van der Waals surface area contributed by atoms with Crippen molar-refractivity contribution in [2.75, 3.05) is 52.3 Å². The molecule has 1 amide bonds. The molecule has 0 atom stereocenters. The van der Waals surface area contributed by atoms with E-state index in [0.29, 0.717) is 35.4 Å². The topological polar surface area (TPSA) is 66.9 Å². The van der Waals surface area contributed by atoms with Crippen LogP contribution >= 0.6 is 11.3 Å². The number of thiazole rings is 1. The van der Waals surface area contributed by atoms with Gasteiger partial charge in [-0.3, -0.25) is 9.69 Å². The Kier molecular flexibility index (Phi) is 7.59. The number of amides is 1. The third-order valence-electron chi connectivity index (χ3n) is 5.49. The summed E-state index contributed by atoms with van der Waals surface area (Å²) in [6.45, 7) is 3.99. The molecule has 7 nitrogen and oxygen atoms in total. The monoisotopic (exact) mass is 464 g/mol. The molecule has 0 saturated carbocycles. The fourth-order valence-corrected chi connectivity index (χ4v) is 4.37. The minimum absolute atomic E-state index is 0.0221. The van der Waals surface area contributed by atoms with Crippen LogP contribution in [0.4, 0.5) is 10.8 Å². The van der Waals surface area contributed by atoms with Crippen molar-refractivity contribution < 1.29 is 14.3 Å². The third kappa shape index (κ3) is 5.91. The van der Waals surface area contributed by atoms with Crippen LogP contribution in [0.2, 0.25) is 0 Å². The highest BCUT2D eigenvalue weighted by atomic mass is 32.1. The number of hydrogen-bond donors (Lipinski definition) is 1. The van der Waals surface area contributed by atoms with E-state index in [1.165, 1.54) is 16.9 Å². The maximum Gasteiger partial charge on any atom is 0.273 e. The predicted molar refractivity (Wildman–Crippen MR) is 133 cm³/mol. The second kappa shape index (κ2) is 11.0. The summed E-state index contributed by atoms with van der Waals surface area (Å²) in [5.41, 5.74) is 2.49. The Morgan fingerprint density at radius 1 is 1.06 bits per heavy atom. The standard InChI is InChI=1S/C25H28N4O3S/c1-31-22-11-10-20(17-23(22)32-2)26-25-27-21(18-33-25)24(30)29-15-13-28(14-16-29)12-6-9-19-7-4-3-5-8-19/h3-11,17-18H,12-16H2,1-2H3,(H,26,27)/b9-6+. The molecule has 0 bridgehead atoms. The molecule has 0 spiro atoms. The van der Waals surface area contributed by atoms with Crippen LogP contribution in [0.15, 0.2) is 60.0 Å². The molecule has 0 aliphatic carbocycles. The molecule has 1 N–H and O–H groups in total. The Morgan fingerprint density at radius 3 is 2.55 bits per heavy atom. The number of anilines is 2. The minimum atomic E-state index is -0.0221. The lowest BCUT2D eigenvalue weighted by Gasteiger charge is -2.33. The quantitative estimate of drug-likeness (QED) is 0.534. The van der Waals surface area contributed by atoms with Gasteiger partial charge < -0.3 is 19.7 Å². The molecule has 1 aliphatic heterocycles. The van der Waals surface area contributed by atoms with Crippen molar-refractivity contribution in [3.63, 3.8) is 0 Å². The molecule has 4 rings (SSSR count). The van der Waals surface area contributed by atoms with Crippen molar-refractivity contribution >= 4 is 34.1 Å². The molecule has 1 saturated heterocycles. The van der Waals surface area contributed by atoms with Gasteiger partial charge in [0.1, 0.15) is 5.69 Å². The third-order valence-corrected chi connectivity index (χ3v) is 6.25. The zero-order valence-corrected chi connectivity index (χ0v) is 19.7. The normalized spacial score (nSPS) is 14.4. The molecule has 1 aliphatic rings. The Bertz CT molecular complexity index is 1090. The van der Waals surface area contributed by atoms with E-state index in [-0.39, 0.29) is 5.91 Å². The highest BCUT2D eigenvalue weighted by Crippen LogP contribution is 2.31. The van der Waals surface area contributed by atoms with Crippen LogP contribution in [0.25, 0.3) is 6.08 Å². The Balaban J connectivity index is 1.29. The molecule has 2 heterocycles. The van der Waals surface area contributed by atoms with E-state index in [2.05, 4.69) is 39.5 Å². The van der Waals surface area contributed by atoms with Gasteiger partial charge >= 0.3 is 0 Å². The largest absolute Gasteiger partial charge is 0.493 e. The van der Waals surface area contributed by atoms with Gasteiger partial charge in [-0.2, -0.15) is 0 Å². The summed E-state index contributed by atoms with van der Waals surface area (Å²) < 4.78 is 10.6. The molecule has 33 heavy (non-hydrogen) atoms. The molecule has 2 aromatic carbocycles. The first-order chi connectivity index (χ1) is 16.2. The van der Waals surface area contributed by atoms with E-state index < -0.39 is 0 Å². The summed E-state index contributed by atoms with van der Waals surface area (Å²) in [7, 11) is 3.20. The maximum atomic E-state index is 12.9. The van der Waals surface area contributed by atoms with Crippen LogP contribution in [-0.4, -0.2) is 67.6 Å². The smallest absolute Gasteiger partial charge is 0.273 e. The minimum Gasteiger partial charge on any atom is -0.493 e. The summed E-state index contributed by atoms with van der Waals surface area (Å²) in [6, 6.07) is 15.8. The van der Waals surface area contributed by atoms with Crippen molar-refractivity contribution in [3.05, 3.63) is 71.2 Å². The average molecular weight is 465 g/mol. The first-order valence-corrected chi connectivity index (χ1v) is 11.7. The number of carbonyl (C=O) groups is 1. The molecule has 8 heteroatoms. The maximum absolute atomic E-state index is 12.9. The number of nitrogens with one attached hydrogen (secondary N) is 1. The molecule has 3 aromatic rings. The summed E-state index contributed by atoms with van der Waals surface area (Å²) in [5, 5.41) is 5.71. The number of hydrogen-bond acceptors (Lipinski definition) is 7. The number of nitrogens with zero attached hydrogens (tertiary/aromatic N) is 3. The summed E-state index contributed by atoms with van der Waals surface area (Å²) >= 11 is 1.41. The van der Waals surface area contributed by atoms with E-state index in [1.807, 2.05) is 41.3 Å². The van der Waals surface area contributed by atoms with Gasteiger partial charge in [0, 0.05) is 49.9 Å². The van der Waals surface area contributed by atoms with Gasteiger partial charge in [0.2, 0.25) is 0 Å². The predicted octanol–water partition coefficient (Wildman–Crippen LogP) is 4.38. The molecule has 1 aromatic heterocycles. The van der Waals surface area contributed by atoms with Gasteiger partial charge in [0.05, 0.1) is 14.2 Å². The van der Waals surface area contributed by atoms with Gasteiger partial charge in [-0.1, -0.05) is 42.5 Å². The summed E-state index contributed by atoms with van der Waals surface area (Å²) in [4.78, 5) is 21.7. The highest BCUT2D eigenvalue weighted by Gasteiger charge is 2.23. The first kappa shape index (κ1) is 22.8. The van der Waals surface area contributed by atoms with E-state index in [0.717, 1.165) is 25.3 Å². The Morgan fingerprint density at radius 2 is 1.82 bits per heavy atom. The van der Waals surface area contributed by atoms with Crippen LogP contribution in [0.3, 0.4) is 0 Å². The van der Waals surface area contributed by atoms with Crippen molar-refractivity contribution in [2.24, 2.45) is 0 Å². The first-order valence-electron chi connectivity index (χ1n) is 10.8. The van der Waals surface area contributed by atoms with Crippen molar-refractivity contribution in [3.8, 4) is 11.5 Å². The number of piperazine rings is 1. The van der Waals surface area contributed by atoms with Crippen molar-refractivity contribution in [1.29, 1.82) is 0 Å². The van der Waals surface area contributed by atoms with Crippen LogP contribution < -0.4 is 14.8 Å².